The van der Waals surface area contributed by atoms with Gasteiger partial charge in [-0.25, -0.2) is 4.68 Å². The van der Waals surface area contributed by atoms with Gasteiger partial charge >= 0.3 is 0 Å². The molecule has 0 aliphatic rings. The van der Waals surface area contributed by atoms with Gasteiger partial charge in [0.1, 0.15) is 6.07 Å². The van der Waals surface area contributed by atoms with E-state index in [4.69, 9.17) is 5.26 Å². The van der Waals surface area contributed by atoms with E-state index < -0.39 is 0 Å². The molecule has 1 aromatic heterocycles. The van der Waals surface area contributed by atoms with Crippen LogP contribution in [0, 0.1) is 18.3 Å². The normalized spacial score (nSPS) is 10.5. The van der Waals surface area contributed by atoms with Gasteiger partial charge in [0, 0.05) is 6.20 Å². The molecule has 1 heterocycles. The standard InChI is InChI=1S/C14H15N3/c1-10(2)13-6-7-17(16-13)14-5-4-11(3)8-12(14)9-15/h4-8,10H,1-3H3. The quantitative estimate of drug-likeness (QED) is 0.787. The molecule has 0 fully saturated rings. The van der Waals surface area contributed by atoms with E-state index in [9.17, 15) is 0 Å². The van der Waals surface area contributed by atoms with Crippen molar-refractivity contribution in [1.29, 1.82) is 5.26 Å². The summed E-state index contributed by atoms with van der Waals surface area (Å²) < 4.78 is 1.77. The zero-order valence-electron chi connectivity index (χ0n) is 10.3. The molecule has 0 aliphatic heterocycles. The molecule has 2 aromatic rings. The fourth-order valence-electron chi connectivity index (χ4n) is 1.72. The number of aryl methyl sites for hydroxylation is 1. The van der Waals surface area contributed by atoms with Crippen LogP contribution in [-0.4, -0.2) is 9.78 Å². The van der Waals surface area contributed by atoms with Crippen LogP contribution in [0.4, 0.5) is 0 Å². The van der Waals surface area contributed by atoms with Gasteiger partial charge < -0.3 is 0 Å². The molecule has 3 nitrogen and oxygen atoms in total. The van der Waals surface area contributed by atoms with Crippen LogP contribution < -0.4 is 0 Å². The first-order valence-electron chi connectivity index (χ1n) is 5.68. The maximum atomic E-state index is 9.13. The Kier molecular flexibility index (Phi) is 2.97. The van der Waals surface area contributed by atoms with Crippen molar-refractivity contribution < 1.29 is 0 Å². The minimum Gasteiger partial charge on any atom is -0.239 e. The first kappa shape index (κ1) is 11.4. The summed E-state index contributed by atoms with van der Waals surface area (Å²) in [5.41, 5.74) is 3.62. The lowest BCUT2D eigenvalue weighted by molar-refractivity contribution is 0.767. The van der Waals surface area contributed by atoms with E-state index in [2.05, 4.69) is 25.0 Å². The van der Waals surface area contributed by atoms with E-state index in [1.807, 2.05) is 37.4 Å². The van der Waals surface area contributed by atoms with Crippen molar-refractivity contribution in [3.05, 3.63) is 47.3 Å². The number of aromatic nitrogens is 2. The summed E-state index contributed by atoms with van der Waals surface area (Å²) in [6.45, 7) is 6.19. The van der Waals surface area contributed by atoms with Crippen molar-refractivity contribution in [2.45, 2.75) is 26.7 Å². The number of nitrogens with zero attached hydrogens (tertiary/aromatic N) is 3. The van der Waals surface area contributed by atoms with Crippen molar-refractivity contribution >= 4 is 0 Å². The number of nitriles is 1. The molecule has 0 aliphatic carbocycles. The van der Waals surface area contributed by atoms with Crippen molar-refractivity contribution in [2.75, 3.05) is 0 Å². The Hall–Kier alpha value is -2.08. The Morgan fingerprint density at radius 1 is 1.29 bits per heavy atom. The number of benzene rings is 1. The van der Waals surface area contributed by atoms with Gasteiger partial charge in [0.25, 0.3) is 0 Å². The maximum Gasteiger partial charge on any atom is 0.101 e. The molecule has 3 heteroatoms. The van der Waals surface area contributed by atoms with Crippen LogP contribution in [0.2, 0.25) is 0 Å². The molecule has 0 bridgehead atoms. The first-order valence-corrected chi connectivity index (χ1v) is 5.68. The minimum atomic E-state index is 0.396. The summed E-state index contributed by atoms with van der Waals surface area (Å²) in [6.07, 6.45) is 1.90. The predicted molar refractivity (Wildman–Crippen MR) is 67.1 cm³/mol. The Morgan fingerprint density at radius 3 is 2.65 bits per heavy atom. The highest BCUT2D eigenvalue weighted by Crippen LogP contribution is 2.18. The smallest absolute Gasteiger partial charge is 0.101 e. The van der Waals surface area contributed by atoms with Crippen LogP contribution in [0.15, 0.2) is 30.5 Å². The van der Waals surface area contributed by atoms with E-state index in [1.165, 1.54) is 0 Å². The largest absolute Gasteiger partial charge is 0.239 e. The fraction of sp³-hybridized carbons (Fsp3) is 0.286. The summed E-state index contributed by atoms with van der Waals surface area (Å²) in [6, 6.07) is 10.0. The van der Waals surface area contributed by atoms with E-state index in [-0.39, 0.29) is 0 Å². The average Bonchev–Trinajstić information content (AvgIpc) is 2.78. The lowest BCUT2D eigenvalue weighted by atomic mass is 10.1. The van der Waals surface area contributed by atoms with Gasteiger partial charge in [-0.1, -0.05) is 19.9 Å². The SMILES string of the molecule is Cc1ccc(-n2ccc(C(C)C)n2)c(C#N)c1. The third kappa shape index (κ3) is 2.21. The average molecular weight is 225 g/mol. The second-order valence-corrected chi connectivity index (χ2v) is 4.47. The lowest BCUT2D eigenvalue weighted by Crippen LogP contribution is -2.00. The second kappa shape index (κ2) is 4.42. The van der Waals surface area contributed by atoms with Gasteiger partial charge in [0.2, 0.25) is 0 Å². The monoisotopic (exact) mass is 225 g/mol. The van der Waals surface area contributed by atoms with Crippen molar-refractivity contribution in [3.8, 4) is 11.8 Å². The zero-order valence-corrected chi connectivity index (χ0v) is 10.3. The van der Waals surface area contributed by atoms with Crippen LogP contribution in [-0.2, 0) is 0 Å². The van der Waals surface area contributed by atoms with E-state index in [0.717, 1.165) is 16.9 Å². The van der Waals surface area contributed by atoms with Gasteiger partial charge in [-0.05, 0) is 36.6 Å². The molecule has 0 saturated heterocycles. The Morgan fingerprint density at radius 2 is 2.06 bits per heavy atom. The predicted octanol–water partition coefficient (Wildman–Crippen LogP) is 3.18. The molecule has 17 heavy (non-hydrogen) atoms. The van der Waals surface area contributed by atoms with Gasteiger partial charge in [-0.2, -0.15) is 10.4 Å². The van der Waals surface area contributed by atoms with Crippen molar-refractivity contribution in [1.82, 2.24) is 9.78 Å². The summed E-state index contributed by atoms with van der Waals surface area (Å²) in [7, 11) is 0. The molecular weight excluding hydrogens is 210 g/mol. The molecule has 0 N–H and O–H groups in total. The van der Waals surface area contributed by atoms with Crippen LogP contribution in [0.3, 0.4) is 0 Å². The Balaban J connectivity index is 2.49. The van der Waals surface area contributed by atoms with Crippen LogP contribution in [0.25, 0.3) is 5.69 Å². The summed E-state index contributed by atoms with van der Waals surface area (Å²) in [5, 5.41) is 13.6. The molecule has 0 spiro atoms. The zero-order chi connectivity index (χ0) is 12.4. The molecular formula is C14H15N3. The lowest BCUT2D eigenvalue weighted by Gasteiger charge is -2.05. The topological polar surface area (TPSA) is 41.6 Å². The van der Waals surface area contributed by atoms with Gasteiger partial charge in [0.15, 0.2) is 0 Å². The Labute approximate surface area is 101 Å². The molecule has 0 unspecified atom stereocenters. The van der Waals surface area contributed by atoms with Gasteiger partial charge in [-0.15, -0.1) is 0 Å². The van der Waals surface area contributed by atoms with E-state index in [0.29, 0.717) is 11.5 Å². The maximum absolute atomic E-state index is 9.13. The molecule has 2 rings (SSSR count). The third-order valence-electron chi connectivity index (χ3n) is 2.72. The Bertz CT molecular complexity index is 573. The van der Waals surface area contributed by atoms with Crippen LogP contribution >= 0.6 is 0 Å². The third-order valence-corrected chi connectivity index (χ3v) is 2.72. The summed E-state index contributed by atoms with van der Waals surface area (Å²) in [4.78, 5) is 0. The molecule has 0 atom stereocenters. The minimum absolute atomic E-state index is 0.396. The van der Waals surface area contributed by atoms with Crippen LogP contribution in [0.5, 0.6) is 0 Å². The molecule has 1 aromatic carbocycles. The highest BCUT2D eigenvalue weighted by Gasteiger charge is 2.08. The summed E-state index contributed by atoms with van der Waals surface area (Å²) >= 11 is 0. The van der Waals surface area contributed by atoms with E-state index >= 15 is 0 Å². The first-order chi connectivity index (χ1) is 8.11. The summed E-state index contributed by atoms with van der Waals surface area (Å²) in [5.74, 6) is 0.396. The highest BCUT2D eigenvalue weighted by atomic mass is 15.3. The van der Waals surface area contributed by atoms with E-state index in [1.54, 1.807) is 4.68 Å². The van der Waals surface area contributed by atoms with Crippen LogP contribution in [0.1, 0.15) is 36.6 Å². The molecule has 0 saturated carbocycles. The van der Waals surface area contributed by atoms with Gasteiger partial charge in [0.05, 0.1) is 16.9 Å². The second-order valence-electron chi connectivity index (χ2n) is 4.47. The van der Waals surface area contributed by atoms with Crippen molar-refractivity contribution in [3.63, 3.8) is 0 Å². The number of hydrogen-bond donors (Lipinski definition) is 0. The number of hydrogen-bond acceptors (Lipinski definition) is 2. The fourth-order valence-corrected chi connectivity index (χ4v) is 1.72. The van der Waals surface area contributed by atoms with Gasteiger partial charge in [-0.3, -0.25) is 0 Å². The number of rotatable bonds is 2. The molecule has 0 amide bonds. The van der Waals surface area contributed by atoms with Crippen molar-refractivity contribution in [2.24, 2.45) is 0 Å². The molecule has 86 valence electrons. The highest BCUT2D eigenvalue weighted by molar-refractivity contribution is 5.50. The molecule has 0 radical (unpaired) electrons.